The quantitative estimate of drug-likeness (QED) is 0.295. The summed E-state index contributed by atoms with van der Waals surface area (Å²) in [5.41, 5.74) is 4.06. The van der Waals surface area contributed by atoms with Crippen molar-refractivity contribution in [2.24, 2.45) is 23.7 Å². The van der Waals surface area contributed by atoms with Crippen LogP contribution in [0.3, 0.4) is 0 Å². The number of phenols is 1. The molecular formula is C33H28ClNO6. The number of halogens is 1. The summed E-state index contributed by atoms with van der Waals surface area (Å²) in [5, 5.41) is 10.5. The molecule has 0 aromatic heterocycles. The van der Waals surface area contributed by atoms with Gasteiger partial charge in [0.15, 0.2) is 23.1 Å². The zero-order valence-corrected chi connectivity index (χ0v) is 23.6. The Bertz CT molecular complexity index is 1680. The summed E-state index contributed by atoms with van der Waals surface area (Å²) in [6.07, 6.45) is 7.60. The number of allylic oxidation sites excluding steroid dienone is 7. The fourth-order valence-corrected chi connectivity index (χ4v) is 6.82. The number of hydrogen-bond acceptors (Lipinski definition) is 6. The average Bonchev–Trinajstić information content (AvgIpc) is 3.21. The standard InChI is InChI=1S/C33H28ClNO6/c1-16-4-7-19(14-25(16)34)35-32(39)22-10-9-20-21(8-5-18-6-11-26(36)28(13-18)41-3)29-24(15-23(20)30(22)33(35)40)31(38)17(2)12-27(29)37/h4-9,11-14,21-23,30,36H,10,15H2,1-3H3. The van der Waals surface area contributed by atoms with Gasteiger partial charge in [-0.25, -0.2) is 4.90 Å². The molecule has 0 spiro atoms. The molecule has 3 aliphatic carbocycles. The Morgan fingerprint density at radius 1 is 1.02 bits per heavy atom. The van der Waals surface area contributed by atoms with Crippen molar-refractivity contribution in [2.45, 2.75) is 26.7 Å². The van der Waals surface area contributed by atoms with Gasteiger partial charge in [-0.05, 0) is 74.1 Å². The number of ketones is 2. The van der Waals surface area contributed by atoms with Crippen molar-refractivity contribution in [2.75, 3.05) is 12.0 Å². The van der Waals surface area contributed by atoms with E-state index < -0.39 is 23.7 Å². The Kier molecular flexibility index (Phi) is 6.57. The fourth-order valence-electron chi connectivity index (χ4n) is 6.64. The van der Waals surface area contributed by atoms with Gasteiger partial charge in [0.05, 0.1) is 24.6 Å². The molecule has 4 unspecified atom stereocenters. The number of imide groups is 1. The lowest BCUT2D eigenvalue weighted by atomic mass is 9.60. The molecule has 4 atom stereocenters. The molecule has 7 nitrogen and oxygen atoms in total. The summed E-state index contributed by atoms with van der Waals surface area (Å²) in [4.78, 5) is 55.5. The molecule has 8 heteroatoms. The smallest absolute Gasteiger partial charge is 0.238 e. The number of aromatic hydroxyl groups is 1. The van der Waals surface area contributed by atoms with Gasteiger partial charge in [0, 0.05) is 27.7 Å². The normalized spacial score (nSPS) is 25.7. The van der Waals surface area contributed by atoms with E-state index in [4.69, 9.17) is 16.3 Å². The number of anilines is 1. The Balaban J connectivity index is 1.43. The second-order valence-corrected chi connectivity index (χ2v) is 11.4. The first kappa shape index (κ1) is 27.0. The summed E-state index contributed by atoms with van der Waals surface area (Å²) in [6.45, 7) is 3.48. The van der Waals surface area contributed by atoms with E-state index in [1.807, 2.05) is 25.2 Å². The van der Waals surface area contributed by atoms with Crippen LogP contribution in [0.1, 0.15) is 30.9 Å². The summed E-state index contributed by atoms with van der Waals surface area (Å²) in [5.74, 6) is -2.88. The van der Waals surface area contributed by atoms with E-state index in [2.05, 4.69) is 0 Å². The lowest BCUT2D eigenvalue weighted by molar-refractivity contribution is -0.123. The summed E-state index contributed by atoms with van der Waals surface area (Å²) >= 11 is 6.33. The molecule has 1 N–H and O–H groups in total. The molecule has 2 aromatic carbocycles. The summed E-state index contributed by atoms with van der Waals surface area (Å²) in [7, 11) is 1.46. The number of aryl methyl sites for hydroxylation is 1. The number of Topliss-reactive ketones (excluding diaryl/α,β-unsaturated/α-hetero) is 1. The minimum absolute atomic E-state index is 0.00547. The van der Waals surface area contributed by atoms with Gasteiger partial charge in [0.2, 0.25) is 11.8 Å². The molecule has 2 amide bonds. The molecule has 1 heterocycles. The van der Waals surface area contributed by atoms with E-state index in [-0.39, 0.29) is 35.6 Å². The number of nitrogens with zero attached hydrogens (tertiary/aromatic N) is 1. The highest BCUT2D eigenvalue weighted by Gasteiger charge is 2.56. The maximum atomic E-state index is 14.0. The van der Waals surface area contributed by atoms with E-state index in [9.17, 15) is 24.3 Å². The van der Waals surface area contributed by atoms with Gasteiger partial charge in [-0.1, -0.05) is 47.5 Å². The molecule has 4 aliphatic rings. The first-order valence-corrected chi connectivity index (χ1v) is 13.9. The monoisotopic (exact) mass is 569 g/mol. The first-order chi connectivity index (χ1) is 19.6. The third-order valence-corrected chi connectivity index (χ3v) is 9.12. The zero-order chi connectivity index (χ0) is 29.2. The van der Waals surface area contributed by atoms with Crippen molar-refractivity contribution < 1.29 is 29.0 Å². The zero-order valence-electron chi connectivity index (χ0n) is 22.8. The van der Waals surface area contributed by atoms with Gasteiger partial charge in [0.25, 0.3) is 0 Å². The van der Waals surface area contributed by atoms with Crippen molar-refractivity contribution >= 4 is 46.7 Å². The Morgan fingerprint density at radius 2 is 1.80 bits per heavy atom. The molecular weight excluding hydrogens is 542 g/mol. The third kappa shape index (κ3) is 4.27. The van der Waals surface area contributed by atoms with E-state index >= 15 is 0 Å². The Morgan fingerprint density at radius 3 is 2.54 bits per heavy atom. The van der Waals surface area contributed by atoms with Crippen LogP contribution in [-0.4, -0.2) is 35.6 Å². The Labute approximate surface area is 242 Å². The molecule has 0 saturated carbocycles. The molecule has 0 radical (unpaired) electrons. The number of rotatable bonds is 4. The number of carbonyl (C=O) groups excluding carboxylic acids is 4. The number of hydrogen-bond donors (Lipinski definition) is 1. The first-order valence-electron chi connectivity index (χ1n) is 13.5. The van der Waals surface area contributed by atoms with Crippen molar-refractivity contribution in [1.29, 1.82) is 0 Å². The van der Waals surface area contributed by atoms with Crippen molar-refractivity contribution in [3.63, 3.8) is 0 Å². The van der Waals surface area contributed by atoms with Gasteiger partial charge in [-0.2, -0.15) is 0 Å². The topological polar surface area (TPSA) is 101 Å². The highest BCUT2D eigenvalue weighted by molar-refractivity contribution is 6.32. The lowest BCUT2D eigenvalue weighted by Gasteiger charge is -2.41. The van der Waals surface area contributed by atoms with Crippen LogP contribution >= 0.6 is 11.6 Å². The largest absolute Gasteiger partial charge is 0.504 e. The van der Waals surface area contributed by atoms with Crippen LogP contribution in [0.15, 0.2) is 76.9 Å². The van der Waals surface area contributed by atoms with Crippen molar-refractivity contribution in [3.05, 3.63) is 93.1 Å². The molecule has 208 valence electrons. The maximum Gasteiger partial charge on any atom is 0.238 e. The molecule has 0 bridgehead atoms. The minimum atomic E-state index is -0.657. The predicted molar refractivity (Wildman–Crippen MR) is 154 cm³/mol. The van der Waals surface area contributed by atoms with Crippen molar-refractivity contribution in [3.8, 4) is 11.5 Å². The third-order valence-electron chi connectivity index (χ3n) is 8.71. The number of methoxy groups -OCH3 is 1. The average molecular weight is 570 g/mol. The van der Waals surface area contributed by atoms with Crippen LogP contribution in [0, 0.1) is 30.6 Å². The van der Waals surface area contributed by atoms with Gasteiger partial charge >= 0.3 is 0 Å². The summed E-state index contributed by atoms with van der Waals surface area (Å²) in [6, 6.07) is 10.1. The van der Waals surface area contributed by atoms with Crippen LogP contribution in [-0.2, 0) is 19.2 Å². The van der Waals surface area contributed by atoms with Crippen LogP contribution < -0.4 is 9.64 Å². The van der Waals surface area contributed by atoms with Crippen LogP contribution in [0.4, 0.5) is 5.69 Å². The molecule has 2 aromatic rings. The van der Waals surface area contributed by atoms with Crippen LogP contribution in [0.5, 0.6) is 11.5 Å². The summed E-state index contributed by atoms with van der Waals surface area (Å²) < 4.78 is 5.23. The highest BCUT2D eigenvalue weighted by atomic mass is 35.5. The second-order valence-electron chi connectivity index (χ2n) is 11.0. The lowest BCUT2D eigenvalue weighted by Crippen LogP contribution is -2.40. The van der Waals surface area contributed by atoms with Crippen LogP contribution in [0.2, 0.25) is 5.02 Å². The van der Waals surface area contributed by atoms with Gasteiger partial charge in [-0.15, -0.1) is 0 Å². The number of carbonyl (C=O) groups is 4. The SMILES string of the molecule is COc1cc(C=CC2C3=CCC4C(=O)N(c5ccc(C)c(Cl)c5)C(=O)C4C3CC3=C2C(=O)C=C(C)C3=O)ccc1O. The van der Waals surface area contributed by atoms with Gasteiger partial charge in [0.1, 0.15) is 0 Å². The fraction of sp³-hybridized carbons (Fsp3) is 0.273. The second kappa shape index (κ2) is 10.00. The van der Waals surface area contributed by atoms with Gasteiger partial charge < -0.3 is 9.84 Å². The number of fused-ring (bicyclic) bond motifs is 3. The molecule has 1 aliphatic heterocycles. The Hall–Kier alpha value is -4.23. The number of ether oxygens (including phenoxy) is 1. The van der Waals surface area contributed by atoms with Crippen LogP contribution in [0.25, 0.3) is 6.08 Å². The maximum absolute atomic E-state index is 14.0. The van der Waals surface area contributed by atoms with E-state index in [1.165, 1.54) is 24.2 Å². The van der Waals surface area contributed by atoms with E-state index in [1.54, 1.807) is 37.3 Å². The van der Waals surface area contributed by atoms with E-state index in [0.717, 1.165) is 16.7 Å². The number of amides is 2. The minimum Gasteiger partial charge on any atom is -0.504 e. The number of phenolic OH excluding ortho intramolecular Hbond substituents is 1. The number of benzene rings is 2. The van der Waals surface area contributed by atoms with E-state index in [0.29, 0.717) is 39.6 Å². The molecule has 1 fully saturated rings. The predicted octanol–water partition coefficient (Wildman–Crippen LogP) is 5.54. The molecule has 6 rings (SSSR count). The highest BCUT2D eigenvalue weighted by Crippen LogP contribution is 2.53. The van der Waals surface area contributed by atoms with Crippen molar-refractivity contribution in [1.82, 2.24) is 0 Å². The molecule has 1 saturated heterocycles. The van der Waals surface area contributed by atoms with Gasteiger partial charge in [-0.3, -0.25) is 19.2 Å². The molecule has 41 heavy (non-hydrogen) atoms.